The summed E-state index contributed by atoms with van der Waals surface area (Å²) in [5.74, 6) is 1.21. The number of hydrogen-bond donors (Lipinski definition) is 0. The van der Waals surface area contributed by atoms with Gasteiger partial charge in [-0.15, -0.1) is 0 Å². The molecule has 0 atom stereocenters. The fourth-order valence-corrected chi connectivity index (χ4v) is 1.42. The molecule has 0 radical (unpaired) electrons. The number of ether oxygens (including phenoxy) is 1. The molecule has 70 valence electrons. The Hall–Kier alpha value is -0.460. The van der Waals surface area contributed by atoms with Crippen LogP contribution in [0.5, 0.6) is 0 Å². The van der Waals surface area contributed by atoms with Gasteiger partial charge in [-0.25, -0.2) is 0 Å². The zero-order chi connectivity index (χ0) is 8.65. The quantitative estimate of drug-likeness (QED) is 0.499. The van der Waals surface area contributed by atoms with Crippen LogP contribution in [0.25, 0.3) is 0 Å². The molecule has 0 unspecified atom stereocenters. The van der Waals surface area contributed by atoms with Crippen LogP contribution < -0.4 is 0 Å². The molecule has 1 nitrogen and oxygen atoms in total. The molecule has 0 amide bonds. The predicted molar refractivity (Wildman–Crippen MR) is 51.8 cm³/mol. The summed E-state index contributed by atoms with van der Waals surface area (Å²) < 4.78 is 4.95. The van der Waals surface area contributed by atoms with E-state index in [1.165, 1.54) is 57.1 Å². The molecule has 1 heterocycles. The van der Waals surface area contributed by atoms with E-state index in [-0.39, 0.29) is 0 Å². The first-order chi connectivity index (χ1) is 5.93. The predicted octanol–water partition coefficient (Wildman–Crippen LogP) is 4.00. The minimum absolute atomic E-state index is 1.17. The van der Waals surface area contributed by atoms with Gasteiger partial charge in [0, 0.05) is 6.42 Å². The molecular formula is C11H20O. The molecule has 1 aliphatic rings. The Labute approximate surface area is 75.8 Å². The van der Waals surface area contributed by atoms with Crippen LogP contribution in [0, 0.1) is 0 Å². The van der Waals surface area contributed by atoms with Crippen LogP contribution in [0.3, 0.4) is 0 Å². The van der Waals surface area contributed by atoms with Crippen molar-refractivity contribution in [2.75, 3.05) is 0 Å². The van der Waals surface area contributed by atoms with E-state index in [4.69, 9.17) is 4.74 Å². The summed E-state index contributed by atoms with van der Waals surface area (Å²) in [6.07, 6.45) is 12.7. The third-order valence-electron chi connectivity index (χ3n) is 2.31. The van der Waals surface area contributed by atoms with Gasteiger partial charge in [-0.05, 0) is 6.42 Å². The van der Waals surface area contributed by atoms with Gasteiger partial charge in [0.05, 0.1) is 0 Å². The van der Waals surface area contributed by atoms with E-state index in [1.807, 2.05) is 6.26 Å². The largest absolute Gasteiger partial charge is 0.463 e. The van der Waals surface area contributed by atoms with Crippen molar-refractivity contribution < 1.29 is 4.74 Å². The third-order valence-corrected chi connectivity index (χ3v) is 2.31. The van der Waals surface area contributed by atoms with Crippen molar-refractivity contribution in [3.05, 3.63) is 12.0 Å². The van der Waals surface area contributed by atoms with Gasteiger partial charge in [0.1, 0.15) is 12.0 Å². The van der Waals surface area contributed by atoms with Gasteiger partial charge in [-0.3, -0.25) is 0 Å². The summed E-state index contributed by atoms with van der Waals surface area (Å²) in [5, 5.41) is 0. The third kappa shape index (κ3) is 5.22. The number of rotatable bonds is 8. The molecule has 1 aliphatic heterocycles. The molecule has 0 fully saturated rings. The van der Waals surface area contributed by atoms with Gasteiger partial charge in [0.25, 0.3) is 0 Å². The average Bonchev–Trinajstić information content (AvgIpc) is 2.87. The molecule has 0 saturated heterocycles. The summed E-state index contributed by atoms with van der Waals surface area (Å²) in [7, 11) is 0. The minimum Gasteiger partial charge on any atom is -0.463 e. The van der Waals surface area contributed by atoms with Gasteiger partial charge in [0.2, 0.25) is 0 Å². The van der Waals surface area contributed by atoms with E-state index in [0.717, 1.165) is 0 Å². The molecule has 0 bridgehead atoms. The summed E-state index contributed by atoms with van der Waals surface area (Å²) in [5.41, 5.74) is 0. The highest BCUT2D eigenvalue weighted by molar-refractivity contribution is 5.01. The van der Waals surface area contributed by atoms with Crippen LogP contribution >= 0.6 is 0 Å². The van der Waals surface area contributed by atoms with E-state index in [9.17, 15) is 0 Å². The van der Waals surface area contributed by atoms with Gasteiger partial charge in [0.15, 0.2) is 0 Å². The number of allylic oxidation sites excluding steroid dienone is 1. The lowest BCUT2D eigenvalue weighted by Gasteiger charge is -1.98. The van der Waals surface area contributed by atoms with Crippen molar-refractivity contribution in [1.29, 1.82) is 0 Å². The highest BCUT2D eigenvalue weighted by atomic mass is 16.5. The average molecular weight is 168 g/mol. The summed E-state index contributed by atoms with van der Waals surface area (Å²) in [6, 6.07) is 0. The summed E-state index contributed by atoms with van der Waals surface area (Å²) in [6.45, 7) is 2.26. The number of hydrogen-bond acceptors (Lipinski definition) is 1. The Morgan fingerprint density at radius 2 is 1.58 bits per heavy atom. The van der Waals surface area contributed by atoms with Gasteiger partial charge >= 0.3 is 0 Å². The maximum absolute atomic E-state index is 4.95. The fourth-order valence-electron chi connectivity index (χ4n) is 1.42. The molecule has 12 heavy (non-hydrogen) atoms. The Morgan fingerprint density at radius 1 is 1.00 bits per heavy atom. The second kappa shape index (κ2) is 6.10. The molecule has 0 aromatic carbocycles. The Balaban J connectivity index is 1.67. The highest BCUT2D eigenvalue weighted by Gasteiger charge is 2.07. The lowest BCUT2D eigenvalue weighted by atomic mass is 10.1. The van der Waals surface area contributed by atoms with E-state index in [0.29, 0.717) is 0 Å². The summed E-state index contributed by atoms with van der Waals surface area (Å²) in [4.78, 5) is 0. The Morgan fingerprint density at radius 3 is 2.17 bits per heavy atom. The zero-order valence-corrected chi connectivity index (χ0v) is 8.14. The van der Waals surface area contributed by atoms with Gasteiger partial charge in [-0.1, -0.05) is 45.4 Å². The topological polar surface area (TPSA) is 12.5 Å². The van der Waals surface area contributed by atoms with Gasteiger partial charge in [-0.2, -0.15) is 0 Å². The van der Waals surface area contributed by atoms with Crippen molar-refractivity contribution >= 4 is 0 Å². The molecular weight excluding hydrogens is 148 g/mol. The zero-order valence-electron chi connectivity index (χ0n) is 8.14. The first-order valence-electron chi connectivity index (χ1n) is 5.29. The molecule has 0 saturated carbocycles. The Kier molecular flexibility index (Phi) is 4.89. The minimum atomic E-state index is 1.17. The van der Waals surface area contributed by atoms with Crippen LogP contribution in [0.2, 0.25) is 0 Å². The summed E-state index contributed by atoms with van der Waals surface area (Å²) >= 11 is 0. The van der Waals surface area contributed by atoms with Crippen molar-refractivity contribution in [2.24, 2.45) is 0 Å². The van der Waals surface area contributed by atoms with Crippen molar-refractivity contribution in [2.45, 2.75) is 58.3 Å². The van der Waals surface area contributed by atoms with E-state index < -0.39 is 0 Å². The van der Waals surface area contributed by atoms with Crippen LogP contribution in [0.4, 0.5) is 0 Å². The molecule has 1 rings (SSSR count). The number of unbranched alkanes of at least 4 members (excludes halogenated alkanes) is 6. The molecule has 0 aromatic rings. The maximum Gasteiger partial charge on any atom is 0.138 e. The van der Waals surface area contributed by atoms with Crippen molar-refractivity contribution in [1.82, 2.24) is 0 Å². The van der Waals surface area contributed by atoms with E-state index >= 15 is 0 Å². The Bertz CT molecular complexity index is 138. The fraction of sp³-hybridized carbons (Fsp3) is 0.818. The van der Waals surface area contributed by atoms with E-state index in [1.54, 1.807) is 0 Å². The normalized spacial score (nSPS) is 13.9. The first kappa shape index (κ1) is 9.63. The van der Waals surface area contributed by atoms with Crippen LogP contribution in [-0.4, -0.2) is 0 Å². The lowest BCUT2D eigenvalue weighted by molar-refractivity contribution is 0.470. The lowest BCUT2D eigenvalue weighted by Crippen LogP contribution is -1.79. The van der Waals surface area contributed by atoms with Crippen molar-refractivity contribution in [3.63, 3.8) is 0 Å². The van der Waals surface area contributed by atoms with Crippen LogP contribution in [0.15, 0.2) is 12.0 Å². The maximum atomic E-state index is 4.95. The SMILES string of the molecule is CCCCCCCCCC1=CO1. The second-order valence-corrected chi connectivity index (χ2v) is 3.57. The van der Waals surface area contributed by atoms with Crippen molar-refractivity contribution in [3.8, 4) is 0 Å². The first-order valence-corrected chi connectivity index (χ1v) is 5.29. The standard InChI is InChI=1S/C11H20O/c1-2-3-4-5-6-7-8-9-11-10-12-11/h10H,2-9H2,1H3. The molecule has 0 spiro atoms. The molecule has 1 heteroatoms. The second-order valence-electron chi connectivity index (χ2n) is 3.57. The highest BCUT2D eigenvalue weighted by Crippen LogP contribution is 2.21. The smallest absolute Gasteiger partial charge is 0.138 e. The van der Waals surface area contributed by atoms with Crippen LogP contribution in [-0.2, 0) is 4.74 Å². The molecule has 0 aromatic heterocycles. The molecule has 0 aliphatic carbocycles. The molecule has 0 N–H and O–H groups in total. The monoisotopic (exact) mass is 168 g/mol. The van der Waals surface area contributed by atoms with Gasteiger partial charge < -0.3 is 4.74 Å². The van der Waals surface area contributed by atoms with E-state index in [2.05, 4.69) is 6.92 Å². The van der Waals surface area contributed by atoms with Crippen LogP contribution in [0.1, 0.15) is 58.3 Å².